The molecule has 0 bridgehead atoms. The monoisotopic (exact) mass is 366 g/mol. The number of amides is 2. The normalized spacial score (nSPS) is 25.0. The number of carbonyl (C=O) groups excluding carboxylic acids is 2. The highest BCUT2D eigenvalue weighted by Crippen LogP contribution is 2.28. The van der Waals surface area contributed by atoms with Crippen molar-refractivity contribution in [2.45, 2.75) is 77.7 Å². The third-order valence-corrected chi connectivity index (χ3v) is 5.80. The second-order valence-corrected chi connectivity index (χ2v) is 8.45. The number of hydrogen-bond acceptors (Lipinski definition) is 3. The van der Waals surface area contributed by atoms with Crippen LogP contribution in [0, 0.1) is 23.7 Å². The van der Waals surface area contributed by atoms with Crippen LogP contribution in [0.15, 0.2) is 0 Å². The molecule has 1 atom stereocenters. The van der Waals surface area contributed by atoms with Crippen LogP contribution in [0.25, 0.3) is 0 Å². The van der Waals surface area contributed by atoms with Gasteiger partial charge in [0.25, 0.3) is 0 Å². The molecule has 0 heterocycles. The molecule has 0 saturated heterocycles. The first kappa shape index (κ1) is 20.7. The summed E-state index contributed by atoms with van der Waals surface area (Å²) in [4.78, 5) is 35.9. The van der Waals surface area contributed by atoms with Gasteiger partial charge in [0, 0.05) is 24.4 Å². The number of rotatable bonds is 8. The van der Waals surface area contributed by atoms with Crippen LogP contribution in [0.4, 0.5) is 0 Å². The Morgan fingerprint density at radius 1 is 0.923 bits per heavy atom. The molecule has 2 aliphatic rings. The fraction of sp³-hybridized carbons (Fsp3) is 0.850. The van der Waals surface area contributed by atoms with Crippen LogP contribution in [0.5, 0.6) is 0 Å². The van der Waals surface area contributed by atoms with E-state index in [0.29, 0.717) is 6.42 Å². The maximum absolute atomic E-state index is 12.4. The number of nitrogens with one attached hydrogen (secondary N) is 2. The molecular formula is C20H34N2O4. The van der Waals surface area contributed by atoms with Gasteiger partial charge in [0.05, 0.1) is 5.92 Å². The predicted octanol–water partition coefficient (Wildman–Crippen LogP) is 2.71. The summed E-state index contributed by atoms with van der Waals surface area (Å²) in [5.74, 6) is -0.827. The minimum Gasteiger partial charge on any atom is -0.481 e. The van der Waals surface area contributed by atoms with E-state index < -0.39 is 11.9 Å². The summed E-state index contributed by atoms with van der Waals surface area (Å²) < 4.78 is 0. The van der Waals surface area contributed by atoms with E-state index in [-0.39, 0.29) is 42.2 Å². The average molecular weight is 367 g/mol. The molecule has 0 aromatic heterocycles. The zero-order chi connectivity index (χ0) is 19.1. The lowest BCUT2D eigenvalue weighted by Crippen LogP contribution is -2.43. The van der Waals surface area contributed by atoms with Gasteiger partial charge in [0.15, 0.2) is 0 Å². The van der Waals surface area contributed by atoms with Crippen molar-refractivity contribution in [2.24, 2.45) is 23.7 Å². The maximum atomic E-state index is 12.4. The zero-order valence-corrected chi connectivity index (χ0v) is 16.1. The highest BCUT2D eigenvalue weighted by atomic mass is 16.4. The summed E-state index contributed by atoms with van der Waals surface area (Å²) in [5, 5.41) is 15.3. The van der Waals surface area contributed by atoms with E-state index in [9.17, 15) is 19.5 Å². The van der Waals surface area contributed by atoms with Crippen LogP contribution >= 0.6 is 0 Å². The maximum Gasteiger partial charge on any atom is 0.308 e. The van der Waals surface area contributed by atoms with E-state index in [4.69, 9.17) is 0 Å². The second-order valence-electron chi connectivity index (χ2n) is 8.45. The van der Waals surface area contributed by atoms with Crippen molar-refractivity contribution in [1.29, 1.82) is 0 Å². The van der Waals surface area contributed by atoms with Crippen LogP contribution in [-0.4, -0.2) is 35.5 Å². The molecule has 0 aromatic rings. The second kappa shape index (κ2) is 9.93. The molecule has 0 aliphatic heterocycles. The van der Waals surface area contributed by atoms with E-state index in [1.807, 2.05) is 13.8 Å². The van der Waals surface area contributed by atoms with Gasteiger partial charge >= 0.3 is 5.97 Å². The Balaban J connectivity index is 1.70. The van der Waals surface area contributed by atoms with Gasteiger partial charge < -0.3 is 15.7 Å². The lowest BCUT2D eigenvalue weighted by Gasteiger charge is -2.29. The molecule has 2 rings (SSSR count). The fourth-order valence-corrected chi connectivity index (χ4v) is 4.22. The van der Waals surface area contributed by atoms with Gasteiger partial charge in [0.2, 0.25) is 11.8 Å². The topological polar surface area (TPSA) is 95.5 Å². The lowest BCUT2D eigenvalue weighted by molar-refractivity contribution is -0.142. The molecule has 0 radical (unpaired) electrons. The van der Waals surface area contributed by atoms with Gasteiger partial charge in [-0.2, -0.15) is 0 Å². The predicted molar refractivity (Wildman–Crippen MR) is 99.4 cm³/mol. The van der Waals surface area contributed by atoms with Crippen molar-refractivity contribution in [2.75, 3.05) is 6.54 Å². The van der Waals surface area contributed by atoms with Crippen LogP contribution in [0.2, 0.25) is 0 Å². The number of aliphatic carboxylic acids is 1. The Morgan fingerprint density at radius 2 is 1.50 bits per heavy atom. The van der Waals surface area contributed by atoms with Gasteiger partial charge in [-0.25, -0.2) is 0 Å². The molecule has 6 nitrogen and oxygen atoms in total. The SMILES string of the molecule is CC(C)CC(CNC(=O)C1CCC(NC(=O)C2CCCC2)CC1)C(=O)O. The first-order chi connectivity index (χ1) is 12.4. The third-order valence-electron chi connectivity index (χ3n) is 5.80. The molecule has 26 heavy (non-hydrogen) atoms. The number of carboxylic acids is 1. The number of carbonyl (C=O) groups is 3. The van der Waals surface area contributed by atoms with Crippen LogP contribution in [0.3, 0.4) is 0 Å². The minimum absolute atomic E-state index is 0.0411. The van der Waals surface area contributed by atoms with Crippen molar-refractivity contribution >= 4 is 17.8 Å². The standard InChI is InChI=1S/C20H34N2O4/c1-13(2)11-16(20(25)26)12-21-18(23)15-7-9-17(10-8-15)22-19(24)14-5-3-4-6-14/h13-17H,3-12H2,1-2H3,(H,21,23)(H,22,24)(H,25,26). The van der Waals surface area contributed by atoms with Gasteiger partial charge in [-0.05, 0) is 50.9 Å². The zero-order valence-electron chi connectivity index (χ0n) is 16.1. The third kappa shape index (κ3) is 6.29. The molecule has 0 spiro atoms. The van der Waals surface area contributed by atoms with E-state index in [0.717, 1.165) is 51.4 Å². The Kier molecular flexibility index (Phi) is 7.91. The lowest BCUT2D eigenvalue weighted by atomic mass is 9.85. The Bertz CT molecular complexity index is 492. The Labute approximate surface area is 156 Å². The van der Waals surface area contributed by atoms with Crippen molar-refractivity contribution in [1.82, 2.24) is 10.6 Å². The van der Waals surface area contributed by atoms with Gasteiger partial charge in [-0.1, -0.05) is 26.7 Å². The van der Waals surface area contributed by atoms with Crippen molar-refractivity contribution < 1.29 is 19.5 Å². The largest absolute Gasteiger partial charge is 0.481 e. The fourth-order valence-electron chi connectivity index (χ4n) is 4.22. The summed E-state index contributed by atoms with van der Waals surface area (Å²) in [6.07, 6.45) is 8.03. The van der Waals surface area contributed by atoms with E-state index in [1.54, 1.807) is 0 Å². The molecule has 1 unspecified atom stereocenters. The molecule has 0 aromatic carbocycles. The highest BCUT2D eigenvalue weighted by molar-refractivity contribution is 5.80. The summed E-state index contributed by atoms with van der Waals surface area (Å²) in [6.45, 7) is 4.17. The van der Waals surface area contributed by atoms with Crippen molar-refractivity contribution in [3.63, 3.8) is 0 Å². The number of hydrogen-bond donors (Lipinski definition) is 3. The quantitative estimate of drug-likeness (QED) is 0.615. The van der Waals surface area contributed by atoms with E-state index in [2.05, 4.69) is 10.6 Å². The smallest absolute Gasteiger partial charge is 0.308 e. The molecule has 2 saturated carbocycles. The summed E-state index contributed by atoms with van der Waals surface area (Å²) in [6, 6.07) is 0.180. The molecular weight excluding hydrogens is 332 g/mol. The first-order valence-electron chi connectivity index (χ1n) is 10.2. The summed E-state index contributed by atoms with van der Waals surface area (Å²) in [7, 11) is 0. The minimum atomic E-state index is -0.850. The van der Waals surface area contributed by atoms with Crippen LogP contribution in [0.1, 0.15) is 71.6 Å². The van der Waals surface area contributed by atoms with Gasteiger partial charge in [0.1, 0.15) is 0 Å². The first-order valence-corrected chi connectivity index (χ1v) is 10.2. The van der Waals surface area contributed by atoms with Gasteiger partial charge in [-0.3, -0.25) is 14.4 Å². The molecule has 2 fully saturated rings. The van der Waals surface area contributed by atoms with Crippen molar-refractivity contribution in [3.8, 4) is 0 Å². The van der Waals surface area contributed by atoms with Crippen LogP contribution in [-0.2, 0) is 14.4 Å². The molecule has 148 valence electrons. The Morgan fingerprint density at radius 3 is 2.04 bits per heavy atom. The molecule has 3 N–H and O–H groups in total. The van der Waals surface area contributed by atoms with Crippen LogP contribution < -0.4 is 10.6 Å². The summed E-state index contributed by atoms with van der Waals surface area (Å²) >= 11 is 0. The number of carboxylic acid groups (broad SMARTS) is 1. The molecule has 6 heteroatoms. The average Bonchev–Trinajstić information content (AvgIpc) is 3.13. The van der Waals surface area contributed by atoms with Crippen molar-refractivity contribution in [3.05, 3.63) is 0 Å². The Hall–Kier alpha value is -1.59. The molecule has 2 amide bonds. The molecule has 2 aliphatic carbocycles. The van der Waals surface area contributed by atoms with E-state index in [1.165, 1.54) is 0 Å². The van der Waals surface area contributed by atoms with E-state index >= 15 is 0 Å². The summed E-state index contributed by atoms with van der Waals surface area (Å²) in [5.41, 5.74) is 0. The van der Waals surface area contributed by atoms with Gasteiger partial charge in [-0.15, -0.1) is 0 Å². The highest BCUT2D eigenvalue weighted by Gasteiger charge is 2.30.